The van der Waals surface area contributed by atoms with Gasteiger partial charge >= 0.3 is 0 Å². The van der Waals surface area contributed by atoms with E-state index < -0.39 is 0 Å². The quantitative estimate of drug-likeness (QED) is 0.612. The van der Waals surface area contributed by atoms with E-state index in [9.17, 15) is 4.79 Å². The van der Waals surface area contributed by atoms with E-state index in [1.807, 2.05) is 13.8 Å². The van der Waals surface area contributed by atoms with Gasteiger partial charge in [0, 0.05) is 18.1 Å². The molecule has 0 aliphatic carbocycles. The van der Waals surface area contributed by atoms with Crippen molar-refractivity contribution in [2.75, 3.05) is 19.7 Å². The predicted molar refractivity (Wildman–Crippen MR) is 101 cm³/mol. The first-order valence-electron chi connectivity index (χ1n) is 8.17. The maximum atomic E-state index is 11.9. The van der Waals surface area contributed by atoms with E-state index in [1.54, 1.807) is 47.4 Å². The molecule has 0 spiro atoms. The molecule has 0 radical (unpaired) electrons. The molecule has 0 heterocycles. The van der Waals surface area contributed by atoms with E-state index in [2.05, 4.69) is 0 Å². The van der Waals surface area contributed by atoms with Crippen LogP contribution >= 0.6 is 23.2 Å². The fraction of sp³-hybridized carbons (Fsp3) is 0.316. The van der Waals surface area contributed by atoms with Gasteiger partial charge < -0.3 is 14.4 Å². The van der Waals surface area contributed by atoms with Gasteiger partial charge in [-0.05, 0) is 56.3 Å². The standard InChI is InChI=1S/C19H21Cl2NO3/c1-3-22(4-2)19(23)11-12-24-15-6-8-16(9-7-15)25-18-10-5-14(20)13-17(18)21/h5-10,13H,3-4,11-12H2,1-2H3. The number of nitrogens with zero attached hydrogens (tertiary/aromatic N) is 1. The molecule has 0 bridgehead atoms. The minimum atomic E-state index is 0.0994. The molecule has 0 atom stereocenters. The number of benzene rings is 2. The zero-order valence-corrected chi connectivity index (χ0v) is 15.8. The van der Waals surface area contributed by atoms with Crippen LogP contribution in [0, 0.1) is 0 Å². The second-order valence-electron chi connectivity index (χ2n) is 5.31. The molecule has 1 amide bonds. The molecule has 134 valence electrons. The number of hydrogen-bond donors (Lipinski definition) is 0. The maximum absolute atomic E-state index is 11.9. The summed E-state index contributed by atoms with van der Waals surface area (Å²) in [6.07, 6.45) is 0.361. The van der Waals surface area contributed by atoms with Gasteiger partial charge in [0.25, 0.3) is 0 Å². The van der Waals surface area contributed by atoms with Crippen LogP contribution in [-0.2, 0) is 4.79 Å². The predicted octanol–water partition coefficient (Wildman–Crippen LogP) is 5.42. The SMILES string of the molecule is CCN(CC)C(=O)CCOc1ccc(Oc2ccc(Cl)cc2Cl)cc1. The Morgan fingerprint density at radius 1 is 1.00 bits per heavy atom. The lowest BCUT2D eigenvalue weighted by Gasteiger charge is -2.18. The molecule has 0 saturated heterocycles. The van der Waals surface area contributed by atoms with E-state index in [0.717, 1.165) is 0 Å². The number of rotatable bonds is 8. The van der Waals surface area contributed by atoms with E-state index >= 15 is 0 Å². The molecule has 0 aliphatic rings. The fourth-order valence-corrected chi connectivity index (χ4v) is 2.73. The average molecular weight is 382 g/mol. The number of hydrogen-bond acceptors (Lipinski definition) is 3. The van der Waals surface area contributed by atoms with Gasteiger partial charge in [0.15, 0.2) is 0 Å². The van der Waals surface area contributed by atoms with Gasteiger partial charge in [0.05, 0.1) is 18.1 Å². The normalized spacial score (nSPS) is 10.4. The van der Waals surface area contributed by atoms with Crippen LogP contribution in [0.15, 0.2) is 42.5 Å². The largest absolute Gasteiger partial charge is 0.493 e. The number of amides is 1. The van der Waals surface area contributed by atoms with Gasteiger partial charge in [0.2, 0.25) is 5.91 Å². The Balaban J connectivity index is 1.86. The van der Waals surface area contributed by atoms with Crippen molar-refractivity contribution in [3.8, 4) is 17.2 Å². The molecule has 6 heteroatoms. The van der Waals surface area contributed by atoms with Crippen molar-refractivity contribution in [3.05, 3.63) is 52.5 Å². The van der Waals surface area contributed by atoms with Crippen molar-refractivity contribution >= 4 is 29.1 Å². The Bertz CT molecular complexity index is 700. The summed E-state index contributed by atoms with van der Waals surface area (Å²) in [5, 5.41) is 1.00. The summed E-state index contributed by atoms with van der Waals surface area (Å²) >= 11 is 12.0. The Morgan fingerprint density at radius 3 is 2.24 bits per heavy atom. The molecule has 2 rings (SSSR count). The highest BCUT2D eigenvalue weighted by Gasteiger charge is 2.09. The second kappa shape index (κ2) is 9.54. The van der Waals surface area contributed by atoms with Crippen LogP contribution in [0.25, 0.3) is 0 Å². The first-order chi connectivity index (χ1) is 12.0. The lowest BCUT2D eigenvalue weighted by Crippen LogP contribution is -2.31. The highest BCUT2D eigenvalue weighted by Crippen LogP contribution is 2.32. The highest BCUT2D eigenvalue weighted by molar-refractivity contribution is 6.35. The molecule has 0 saturated carbocycles. The summed E-state index contributed by atoms with van der Waals surface area (Å²) in [6.45, 7) is 5.71. The van der Waals surface area contributed by atoms with Crippen LogP contribution in [0.5, 0.6) is 17.2 Å². The number of halogens is 2. The molecule has 0 N–H and O–H groups in total. The van der Waals surface area contributed by atoms with Crippen molar-refractivity contribution in [1.29, 1.82) is 0 Å². The van der Waals surface area contributed by atoms with Gasteiger partial charge in [0.1, 0.15) is 17.2 Å². The molecule has 25 heavy (non-hydrogen) atoms. The van der Waals surface area contributed by atoms with Crippen molar-refractivity contribution in [2.45, 2.75) is 20.3 Å². The van der Waals surface area contributed by atoms with Crippen LogP contribution in [-0.4, -0.2) is 30.5 Å². The summed E-state index contributed by atoms with van der Waals surface area (Å²) in [4.78, 5) is 13.7. The molecule has 2 aromatic rings. The van der Waals surface area contributed by atoms with Gasteiger partial charge in [-0.3, -0.25) is 4.79 Å². The smallest absolute Gasteiger partial charge is 0.225 e. The zero-order chi connectivity index (χ0) is 18.2. The van der Waals surface area contributed by atoms with E-state index in [0.29, 0.717) is 53.4 Å². The molecular weight excluding hydrogens is 361 g/mol. The third kappa shape index (κ3) is 5.83. The van der Waals surface area contributed by atoms with E-state index in [1.165, 1.54) is 0 Å². The van der Waals surface area contributed by atoms with Crippen molar-refractivity contribution in [1.82, 2.24) is 4.90 Å². The monoisotopic (exact) mass is 381 g/mol. The lowest BCUT2D eigenvalue weighted by molar-refractivity contribution is -0.131. The minimum absolute atomic E-state index is 0.0994. The topological polar surface area (TPSA) is 38.8 Å². The molecule has 4 nitrogen and oxygen atoms in total. The number of carbonyl (C=O) groups is 1. The molecule has 0 aromatic heterocycles. The van der Waals surface area contributed by atoms with E-state index in [4.69, 9.17) is 32.7 Å². The van der Waals surface area contributed by atoms with Crippen LogP contribution in [0.2, 0.25) is 10.0 Å². The van der Waals surface area contributed by atoms with Gasteiger partial charge in [-0.15, -0.1) is 0 Å². The number of ether oxygens (including phenoxy) is 2. The van der Waals surface area contributed by atoms with Crippen LogP contribution < -0.4 is 9.47 Å². The second-order valence-corrected chi connectivity index (χ2v) is 6.16. The van der Waals surface area contributed by atoms with Crippen LogP contribution in [0.3, 0.4) is 0 Å². The maximum Gasteiger partial charge on any atom is 0.225 e. The zero-order valence-electron chi connectivity index (χ0n) is 14.3. The van der Waals surface area contributed by atoms with Crippen LogP contribution in [0.1, 0.15) is 20.3 Å². The Morgan fingerprint density at radius 2 is 1.64 bits per heavy atom. The van der Waals surface area contributed by atoms with E-state index in [-0.39, 0.29) is 5.91 Å². The van der Waals surface area contributed by atoms with Crippen molar-refractivity contribution in [2.24, 2.45) is 0 Å². The van der Waals surface area contributed by atoms with Gasteiger partial charge in [-0.25, -0.2) is 0 Å². The average Bonchev–Trinajstić information content (AvgIpc) is 2.60. The highest BCUT2D eigenvalue weighted by atomic mass is 35.5. The summed E-state index contributed by atoms with van der Waals surface area (Å²) < 4.78 is 11.3. The first-order valence-corrected chi connectivity index (χ1v) is 8.92. The molecular formula is C19H21Cl2NO3. The lowest BCUT2D eigenvalue weighted by atomic mass is 10.3. The van der Waals surface area contributed by atoms with Gasteiger partial charge in [-0.1, -0.05) is 23.2 Å². The minimum Gasteiger partial charge on any atom is -0.493 e. The molecule has 0 fully saturated rings. The fourth-order valence-electron chi connectivity index (χ4n) is 2.28. The summed E-state index contributed by atoms with van der Waals surface area (Å²) in [5.41, 5.74) is 0. The Hall–Kier alpha value is -1.91. The van der Waals surface area contributed by atoms with Crippen LogP contribution in [0.4, 0.5) is 0 Å². The molecule has 0 unspecified atom stereocenters. The summed E-state index contributed by atoms with van der Waals surface area (Å²) in [7, 11) is 0. The summed E-state index contributed by atoms with van der Waals surface area (Å²) in [5.74, 6) is 1.95. The van der Waals surface area contributed by atoms with Crippen molar-refractivity contribution < 1.29 is 14.3 Å². The molecule has 0 aliphatic heterocycles. The third-order valence-corrected chi connectivity index (χ3v) is 4.18. The van der Waals surface area contributed by atoms with Crippen molar-refractivity contribution in [3.63, 3.8) is 0 Å². The van der Waals surface area contributed by atoms with Gasteiger partial charge in [-0.2, -0.15) is 0 Å². The third-order valence-electron chi connectivity index (χ3n) is 3.65. The summed E-state index contributed by atoms with van der Waals surface area (Å²) in [6, 6.07) is 12.2. The Kier molecular flexibility index (Phi) is 7.41. The first kappa shape index (κ1) is 19.4. The number of carbonyl (C=O) groups excluding carboxylic acids is 1. The molecule has 2 aromatic carbocycles. The Labute approximate surface area is 158 Å².